The Morgan fingerprint density at radius 3 is 2.52 bits per heavy atom. The number of hydrogen-bond donors (Lipinski definition) is 1. The maximum atomic E-state index is 12.6. The zero-order valence-electron chi connectivity index (χ0n) is 17.2. The van der Waals surface area contributed by atoms with Crippen LogP contribution in [0.2, 0.25) is 5.02 Å². The van der Waals surface area contributed by atoms with Gasteiger partial charge in [0.2, 0.25) is 5.75 Å². The second-order valence-corrected chi connectivity index (χ2v) is 8.22. The van der Waals surface area contributed by atoms with Crippen molar-refractivity contribution >= 4 is 28.5 Å². The van der Waals surface area contributed by atoms with Crippen LogP contribution in [0.1, 0.15) is 19.8 Å². The molecule has 1 fully saturated rings. The van der Waals surface area contributed by atoms with Gasteiger partial charge in [-0.2, -0.15) is 0 Å². The molecule has 0 aliphatic heterocycles. The fourth-order valence-corrected chi connectivity index (χ4v) is 4.04. The molecular formula is C23H21ClO7. The van der Waals surface area contributed by atoms with Gasteiger partial charge >= 0.3 is 5.97 Å². The van der Waals surface area contributed by atoms with Gasteiger partial charge in [-0.15, -0.1) is 0 Å². The molecule has 0 bridgehead atoms. The van der Waals surface area contributed by atoms with Crippen molar-refractivity contribution in [1.29, 1.82) is 0 Å². The van der Waals surface area contributed by atoms with Crippen molar-refractivity contribution < 1.29 is 28.5 Å². The van der Waals surface area contributed by atoms with E-state index in [1.807, 2.05) is 0 Å². The number of ether oxygens (including phenoxy) is 3. The lowest BCUT2D eigenvalue weighted by Gasteiger charge is -2.41. The van der Waals surface area contributed by atoms with Crippen molar-refractivity contribution in [2.75, 3.05) is 14.2 Å². The molecule has 0 atom stereocenters. The van der Waals surface area contributed by atoms with E-state index in [0.29, 0.717) is 57.4 Å². The Morgan fingerprint density at radius 2 is 1.87 bits per heavy atom. The van der Waals surface area contributed by atoms with E-state index >= 15 is 0 Å². The highest BCUT2D eigenvalue weighted by Crippen LogP contribution is 2.47. The molecule has 31 heavy (non-hydrogen) atoms. The summed E-state index contributed by atoms with van der Waals surface area (Å²) in [5.41, 5.74) is -0.208. The fraction of sp³-hybridized carbons (Fsp3) is 0.304. The Hall–Kier alpha value is -3.19. The average molecular weight is 445 g/mol. The number of methoxy groups -OCH3 is 2. The maximum absolute atomic E-state index is 12.6. The van der Waals surface area contributed by atoms with E-state index in [2.05, 4.69) is 0 Å². The van der Waals surface area contributed by atoms with Crippen LogP contribution in [0.4, 0.5) is 0 Å². The SMILES string of the molecule is COc1cc(-c2cc(=O)c3cccc(Cl)c3o2)cc(OC2CC(C)(C(=O)O)C2)c1OC. The fourth-order valence-electron chi connectivity index (χ4n) is 3.83. The summed E-state index contributed by atoms with van der Waals surface area (Å²) in [5.74, 6) is 0.575. The van der Waals surface area contributed by atoms with Gasteiger partial charge in [0, 0.05) is 24.5 Å². The Kier molecular flexibility index (Phi) is 5.31. The van der Waals surface area contributed by atoms with Gasteiger partial charge in [0.15, 0.2) is 22.5 Å². The summed E-state index contributed by atoms with van der Waals surface area (Å²) in [6, 6.07) is 9.72. The molecule has 0 unspecified atom stereocenters. The van der Waals surface area contributed by atoms with Gasteiger partial charge in [0.1, 0.15) is 11.9 Å². The number of carbonyl (C=O) groups is 1. The second kappa shape index (κ2) is 7.81. The summed E-state index contributed by atoms with van der Waals surface area (Å²) in [5, 5.41) is 10.0. The van der Waals surface area contributed by atoms with Crippen LogP contribution in [-0.2, 0) is 4.79 Å². The Bertz CT molecular complexity index is 1220. The molecule has 162 valence electrons. The Labute approximate surface area is 183 Å². The molecular weight excluding hydrogens is 424 g/mol. The molecule has 1 N–H and O–H groups in total. The van der Waals surface area contributed by atoms with Gasteiger partial charge < -0.3 is 23.7 Å². The molecule has 2 aromatic carbocycles. The Balaban J connectivity index is 1.77. The van der Waals surface area contributed by atoms with E-state index < -0.39 is 11.4 Å². The van der Waals surface area contributed by atoms with Gasteiger partial charge in [-0.3, -0.25) is 9.59 Å². The monoisotopic (exact) mass is 444 g/mol. The number of fused-ring (bicyclic) bond motifs is 1. The molecule has 0 spiro atoms. The Morgan fingerprint density at radius 1 is 1.16 bits per heavy atom. The molecule has 3 aromatic rings. The molecule has 4 rings (SSSR count). The minimum absolute atomic E-state index is 0.229. The molecule has 1 aliphatic rings. The molecule has 0 saturated heterocycles. The third-order valence-corrected chi connectivity index (χ3v) is 5.90. The average Bonchev–Trinajstić information content (AvgIpc) is 2.72. The van der Waals surface area contributed by atoms with Gasteiger partial charge in [-0.25, -0.2) is 0 Å². The molecule has 0 amide bonds. The van der Waals surface area contributed by atoms with Gasteiger partial charge in [0.25, 0.3) is 0 Å². The standard InChI is InChI=1S/C23H21ClO7/c1-23(22(26)27)10-13(11-23)30-19-8-12(7-18(28-2)21(19)29-3)17-9-16(25)14-5-4-6-15(24)20(14)31-17/h4-9,13H,10-11H2,1-3H3,(H,26,27). The predicted molar refractivity (Wildman–Crippen MR) is 115 cm³/mol. The summed E-state index contributed by atoms with van der Waals surface area (Å²) < 4.78 is 22.9. The van der Waals surface area contributed by atoms with Crippen LogP contribution in [0.5, 0.6) is 17.2 Å². The maximum Gasteiger partial charge on any atom is 0.309 e. The van der Waals surface area contributed by atoms with E-state index in [1.165, 1.54) is 20.3 Å². The smallest absolute Gasteiger partial charge is 0.309 e. The van der Waals surface area contributed by atoms with Crippen molar-refractivity contribution in [2.24, 2.45) is 5.41 Å². The van der Waals surface area contributed by atoms with Crippen molar-refractivity contribution in [3.8, 4) is 28.6 Å². The summed E-state index contributed by atoms with van der Waals surface area (Å²) >= 11 is 6.22. The van der Waals surface area contributed by atoms with Crippen LogP contribution < -0.4 is 19.6 Å². The quantitative estimate of drug-likeness (QED) is 0.585. The molecule has 7 nitrogen and oxygen atoms in total. The highest BCUT2D eigenvalue weighted by molar-refractivity contribution is 6.34. The molecule has 0 radical (unpaired) electrons. The number of halogens is 1. The lowest BCUT2D eigenvalue weighted by atomic mass is 9.68. The molecule has 1 saturated carbocycles. The van der Waals surface area contributed by atoms with E-state index in [1.54, 1.807) is 37.3 Å². The first-order valence-corrected chi connectivity index (χ1v) is 10.0. The number of rotatable bonds is 6. The second-order valence-electron chi connectivity index (χ2n) is 7.82. The molecule has 1 aromatic heterocycles. The van der Waals surface area contributed by atoms with Crippen LogP contribution in [0.25, 0.3) is 22.3 Å². The highest BCUT2D eigenvalue weighted by Gasteiger charge is 2.48. The first-order valence-electron chi connectivity index (χ1n) is 9.64. The van der Waals surface area contributed by atoms with Gasteiger partial charge in [-0.1, -0.05) is 17.7 Å². The number of carboxylic acid groups (broad SMARTS) is 1. The summed E-state index contributed by atoms with van der Waals surface area (Å²) in [6.07, 6.45) is 0.463. The van der Waals surface area contributed by atoms with Crippen LogP contribution in [0, 0.1) is 5.41 Å². The molecule has 1 aliphatic carbocycles. The van der Waals surface area contributed by atoms with Crippen LogP contribution in [0.15, 0.2) is 45.6 Å². The highest BCUT2D eigenvalue weighted by atomic mass is 35.5. The first-order chi connectivity index (χ1) is 14.8. The third kappa shape index (κ3) is 3.70. The zero-order chi connectivity index (χ0) is 22.3. The van der Waals surface area contributed by atoms with Gasteiger partial charge in [0.05, 0.1) is 30.0 Å². The zero-order valence-corrected chi connectivity index (χ0v) is 18.0. The van der Waals surface area contributed by atoms with Crippen molar-refractivity contribution in [3.05, 3.63) is 51.6 Å². The topological polar surface area (TPSA) is 95.2 Å². The van der Waals surface area contributed by atoms with E-state index in [9.17, 15) is 14.7 Å². The number of carboxylic acids is 1. The van der Waals surface area contributed by atoms with Crippen LogP contribution >= 0.6 is 11.6 Å². The summed E-state index contributed by atoms with van der Waals surface area (Å²) in [4.78, 5) is 24.0. The normalized spacial score (nSPS) is 20.2. The minimum atomic E-state index is -0.847. The van der Waals surface area contributed by atoms with Crippen molar-refractivity contribution in [3.63, 3.8) is 0 Å². The van der Waals surface area contributed by atoms with E-state index in [4.69, 9.17) is 30.2 Å². The van der Waals surface area contributed by atoms with Crippen LogP contribution in [0.3, 0.4) is 0 Å². The van der Waals surface area contributed by atoms with E-state index in [-0.39, 0.29) is 11.5 Å². The summed E-state index contributed by atoms with van der Waals surface area (Å²) in [6.45, 7) is 1.69. The van der Waals surface area contributed by atoms with Crippen molar-refractivity contribution in [1.82, 2.24) is 0 Å². The largest absolute Gasteiger partial charge is 0.493 e. The lowest BCUT2D eigenvalue weighted by Crippen LogP contribution is -2.47. The molecule has 1 heterocycles. The van der Waals surface area contributed by atoms with Crippen LogP contribution in [-0.4, -0.2) is 31.4 Å². The number of hydrogen-bond acceptors (Lipinski definition) is 6. The molecule has 8 heteroatoms. The number of benzene rings is 2. The predicted octanol–water partition coefficient (Wildman–Crippen LogP) is 4.76. The minimum Gasteiger partial charge on any atom is -0.493 e. The van der Waals surface area contributed by atoms with Gasteiger partial charge in [-0.05, 0) is 31.2 Å². The number of aliphatic carboxylic acids is 1. The van der Waals surface area contributed by atoms with Crippen molar-refractivity contribution in [2.45, 2.75) is 25.9 Å². The number of para-hydroxylation sites is 1. The van der Waals surface area contributed by atoms with E-state index in [0.717, 1.165) is 0 Å². The summed E-state index contributed by atoms with van der Waals surface area (Å²) in [7, 11) is 2.98. The third-order valence-electron chi connectivity index (χ3n) is 5.60. The first kappa shape index (κ1) is 21.1. The lowest BCUT2D eigenvalue weighted by molar-refractivity contribution is -0.159.